The first-order valence-corrected chi connectivity index (χ1v) is 5.76. The Morgan fingerprint density at radius 3 is 2.67 bits per heavy atom. The minimum Gasteiger partial charge on any atom is -0.343 e. The topological polar surface area (TPSA) is 72.9 Å². The molecule has 0 spiro atoms. The number of carbonyl (C=O) groups excluding carboxylic acids is 1. The molecule has 1 aromatic carbocycles. The maximum Gasteiger partial charge on any atom is 0.272 e. The summed E-state index contributed by atoms with van der Waals surface area (Å²) in [6, 6.07) is 11.1. The van der Waals surface area contributed by atoms with E-state index in [1.807, 2.05) is 30.3 Å². The van der Waals surface area contributed by atoms with Crippen LogP contribution in [0.15, 0.2) is 42.6 Å². The second kappa shape index (κ2) is 5.46. The van der Waals surface area contributed by atoms with Gasteiger partial charge < -0.3 is 11.1 Å². The van der Waals surface area contributed by atoms with Gasteiger partial charge in [0, 0.05) is 19.8 Å². The van der Waals surface area contributed by atoms with Crippen molar-refractivity contribution >= 4 is 5.91 Å². The number of nitrogens with zero attached hydrogens (tertiary/aromatic N) is 2. The summed E-state index contributed by atoms with van der Waals surface area (Å²) >= 11 is 0. The molecule has 1 unspecified atom stereocenters. The van der Waals surface area contributed by atoms with E-state index in [2.05, 4.69) is 10.4 Å². The van der Waals surface area contributed by atoms with Crippen molar-refractivity contribution in [3.63, 3.8) is 0 Å². The van der Waals surface area contributed by atoms with Crippen molar-refractivity contribution < 1.29 is 4.79 Å². The molecule has 0 radical (unpaired) electrons. The molecule has 1 amide bonds. The molecule has 0 saturated heterocycles. The predicted octanol–water partition coefficient (Wildman–Crippen LogP) is 0.850. The molecule has 1 atom stereocenters. The van der Waals surface area contributed by atoms with Gasteiger partial charge in [-0.25, -0.2) is 0 Å². The van der Waals surface area contributed by atoms with Gasteiger partial charge >= 0.3 is 0 Å². The average molecular weight is 244 g/mol. The number of hydrogen-bond acceptors (Lipinski definition) is 3. The first kappa shape index (κ1) is 12.3. The van der Waals surface area contributed by atoms with Gasteiger partial charge in [0.2, 0.25) is 0 Å². The van der Waals surface area contributed by atoms with Crippen molar-refractivity contribution in [3.05, 3.63) is 53.9 Å². The van der Waals surface area contributed by atoms with Crippen LogP contribution in [0.2, 0.25) is 0 Å². The van der Waals surface area contributed by atoms with Crippen LogP contribution in [-0.2, 0) is 7.05 Å². The maximum absolute atomic E-state index is 12.0. The third-order valence-corrected chi connectivity index (χ3v) is 2.69. The van der Waals surface area contributed by atoms with Crippen LogP contribution in [0.25, 0.3) is 0 Å². The molecule has 5 heteroatoms. The lowest BCUT2D eigenvalue weighted by molar-refractivity contribution is 0.0932. The minimum atomic E-state index is -0.213. The molecule has 0 aliphatic rings. The van der Waals surface area contributed by atoms with Crippen molar-refractivity contribution in [2.24, 2.45) is 12.8 Å². The van der Waals surface area contributed by atoms with Crippen molar-refractivity contribution in [1.29, 1.82) is 0 Å². The van der Waals surface area contributed by atoms with E-state index in [0.717, 1.165) is 5.56 Å². The lowest BCUT2D eigenvalue weighted by Crippen LogP contribution is -2.33. The number of aromatic nitrogens is 2. The highest BCUT2D eigenvalue weighted by Crippen LogP contribution is 2.11. The Bertz CT molecular complexity index is 521. The Hall–Kier alpha value is -2.14. The van der Waals surface area contributed by atoms with Crippen LogP contribution in [0, 0.1) is 0 Å². The molecule has 3 N–H and O–H groups in total. The molecule has 18 heavy (non-hydrogen) atoms. The molecular formula is C13H16N4O. The number of aryl methyl sites for hydroxylation is 1. The second-order valence-corrected chi connectivity index (χ2v) is 4.05. The van der Waals surface area contributed by atoms with Gasteiger partial charge in [0.05, 0.1) is 6.04 Å². The monoisotopic (exact) mass is 244 g/mol. The van der Waals surface area contributed by atoms with E-state index >= 15 is 0 Å². The van der Waals surface area contributed by atoms with Gasteiger partial charge in [-0.3, -0.25) is 9.48 Å². The Morgan fingerprint density at radius 1 is 1.39 bits per heavy atom. The van der Waals surface area contributed by atoms with Crippen LogP contribution in [0.1, 0.15) is 22.1 Å². The number of carbonyl (C=O) groups is 1. The van der Waals surface area contributed by atoms with E-state index < -0.39 is 0 Å². The molecule has 1 heterocycles. The zero-order chi connectivity index (χ0) is 13.0. The van der Waals surface area contributed by atoms with E-state index in [9.17, 15) is 4.79 Å². The number of amides is 1. The average Bonchev–Trinajstić information content (AvgIpc) is 2.83. The number of hydrogen-bond donors (Lipinski definition) is 2. The van der Waals surface area contributed by atoms with Crippen LogP contribution in [0.3, 0.4) is 0 Å². The summed E-state index contributed by atoms with van der Waals surface area (Å²) in [5.74, 6) is -0.213. The van der Waals surface area contributed by atoms with E-state index in [1.54, 1.807) is 24.0 Å². The third kappa shape index (κ3) is 2.75. The highest BCUT2D eigenvalue weighted by Gasteiger charge is 2.15. The van der Waals surface area contributed by atoms with Crippen molar-refractivity contribution in [2.75, 3.05) is 6.54 Å². The number of benzene rings is 1. The smallest absolute Gasteiger partial charge is 0.272 e. The molecule has 0 fully saturated rings. The Balaban J connectivity index is 2.10. The summed E-state index contributed by atoms with van der Waals surface area (Å²) < 4.78 is 1.59. The van der Waals surface area contributed by atoms with E-state index in [-0.39, 0.29) is 11.9 Å². The van der Waals surface area contributed by atoms with Crippen molar-refractivity contribution in [1.82, 2.24) is 15.1 Å². The summed E-state index contributed by atoms with van der Waals surface area (Å²) in [6.07, 6.45) is 1.73. The number of nitrogens with two attached hydrogens (primary N) is 1. The highest BCUT2D eigenvalue weighted by molar-refractivity contribution is 5.92. The summed E-state index contributed by atoms with van der Waals surface area (Å²) in [5.41, 5.74) is 7.08. The standard InChI is InChI=1S/C13H16N4O/c1-17-8-7-11(16-17)13(18)15-12(9-14)10-5-3-2-4-6-10/h2-8,12H,9,14H2,1H3,(H,15,18). The Kier molecular flexibility index (Phi) is 3.74. The fourth-order valence-corrected chi connectivity index (χ4v) is 1.73. The third-order valence-electron chi connectivity index (χ3n) is 2.69. The molecule has 5 nitrogen and oxygen atoms in total. The van der Waals surface area contributed by atoms with Crippen molar-refractivity contribution in [2.45, 2.75) is 6.04 Å². The molecule has 1 aromatic heterocycles. The van der Waals surface area contributed by atoms with Crippen LogP contribution in [0.4, 0.5) is 0 Å². The van der Waals surface area contributed by atoms with Gasteiger partial charge in [-0.15, -0.1) is 0 Å². The first-order valence-electron chi connectivity index (χ1n) is 5.76. The molecule has 2 rings (SSSR count). The van der Waals surface area contributed by atoms with Crippen LogP contribution in [-0.4, -0.2) is 22.2 Å². The molecule has 0 bridgehead atoms. The lowest BCUT2D eigenvalue weighted by Gasteiger charge is -2.16. The van der Waals surface area contributed by atoms with Gasteiger partial charge in [0.1, 0.15) is 5.69 Å². The molecule has 0 saturated carbocycles. The minimum absolute atomic E-state index is 0.194. The fourth-order valence-electron chi connectivity index (χ4n) is 1.73. The lowest BCUT2D eigenvalue weighted by atomic mass is 10.1. The van der Waals surface area contributed by atoms with Gasteiger partial charge in [-0.1, -0.05) is 30.3 Å². The fraction of sp³-hybridized carbons (Fsp3) is 0.231. The normalized spacial score (nSPS) is 12.1. The highest BCUT2D eigenvalue weighted by atomic mass is 16.2. The molecule has 94 valence electrons. The van der Waals surface area contributed by atoms with Crippen LogP contribution < -0.4 is 11.1 Å². The second-order valence-electron chi connectivity index (χ2n) is 4.05. The summed E-state index contributed by atoms with van der Waals surface area (Å²) in [7, 11) is 1.77. The van der Waals surface area contributed by atoms with Gasteiger partial charge in [0.25, 0.3) is 5.91 Å². The van der Waals surface area contributed by atoms with E-state index in [1.165, 1.54) is 0 Å². The first-order chi connectivity index (χ1) is 8.70. The Labute approximate surface area is 106 Å². The maximum atomic E-state index is 12.0. The zero-order valence-electron chi connectivity index (χ0n) is 10.2. The van der Waals surface area contributed by atoms with Crippen LogP contribution in [0.5, 0.6) is 0 Å². The van der Waals surface area contributed by atoms with E-state index in [0.29, 0.717) is 12.2 Å². The molecule has 0 aliphatic heterocycles. The van der Waals surface area contributed by atoms with Gasteiger partial charge in [-0.2, -0.15) is 5.10 Å². The largest absolute Gasteiger partial charge is 0.343 e. The number of rotatable bonds is 4. The molecule has 0 aliphatic carbocycles. The zero-order valence-corrected chi connectivity index (χ0v) is 10.2. The van der Waals surface area contributed by atoms with Crippen LogP contribution >= 0.6 is 0 Å². The summed E-state index contributed by atoms with van der Waals surface area (Å²) in [5, 5.41) is 6.93. The SMILES string of the molecule is Cn1ccc(C(=O)NC(CN)c2ccccc2)n1. The summed E-state index contributed by atoms with van der Waals surface area (Å²) in [6.45, 7) is 0.350. The quantitative estimate of drug-likeness (QED) is 0.837. The van der Waals surface area contributed by atoms with Crippen molar-refractivity contribution in [3.8, 4) is 0 Å². The molecule has 2 aromatic rings. The predicted molar refractivity (Wildman–Crippen MR) is 68.9 cm³/mol. The molecular weight excluding hydrogens is 228 g/mol. The van der Waals surface area contributed by atoms with E-state index in [4.69, 9.17) is 5.73 Å². The van der Waals surface area contributed by atoms with Gasteiger partial charge in [-0.05, 0) is 11.6 Å². The van der Waals surface area contributed by atoms with Gasteiger partial charge in [0.15, 0.2) is 0 Å². The Morgan fingerprint density at radius 2 is 2.11 bits per heavy atom. The number of nitrogens with one attached hydrogen (secondary N) is 1. The summed E-state index contributed by atoms with van der Waals surface area (Å²) in [4.78, 5) is 12.0.